The topological polar surface area (TPSA) is 75.6 Å². The molecule has 0 unspecified atom stereocenters. The number of aryl methyl sites for hydroxylation is 1. The Hall–Kier alpha value is -2.96. The quantitative estimate of drug-likeness (QED) is 0.439. The van der Waals surface area contributed by atoms with E-state index in [4.69, 9.17) is 11.6 Å². The van der Waals surface area contributed by atoms with Gasteiger partial charge in [0.2, 0.25) is 5.91 Å². The monoisotopic (exact) mass is 440 g/mol. The van der Waals surface area contributed by atoms with Crippen LogP contribution in [0.25, 0.3) is 0 Å². The molecule has 154 valence electrons. The van der Waals surface area contributed by atoms with Gasteiger partial charge in [-0.15, -0.1) is 0 Å². The van der Waals surface area contributed by atoms with E-state index in [1.54, 1.807) is 72.8 Å². The van der Waals surface area contributed by atoms with E-state index in [1.165, 1.54) is 6.21 Å². The maximum atomic E-state index is 12.8. The van der Waals surface area contributed by atoms with Crippen molar-refractivity contribution in [1.82, 2.24) is 5.43 Å². The number of nitrogens with zero attached hydrogens (tertiary/aromatic N) is 1. The van der Waals surface area contributed by atoms with Crippen LogP contribution in [-0.4, -0.2) is 20.5 Å². The summed E-state index contributed by atoms with van der Waals surface area (Å²) in [7, 11) is -3.50. The predicted molar refractivity (Wildman–Crippen MR) is 119 cm³/mol. The summed E-state index contributed by atoms with van der Waals surface area (Å²) in [6.07, 6.45) is 1.59. The van der Waals surface area contributed by atoms with Gasteiger partial charge in [-0.2, -0.15) is 5.10 Å². The molecule has 0 aliphatic heterocycles. The fourth-order valence-electron chi connectivity index (χ4n) is 2.87. The Kier molecular flexibility index (Phi) is 7.03. The van der Waals surface area contributed by atoms with Crippen LogP contribution in [0.5, 0.6) is 0 Å². The third kappa shape index (κ3) is 6.02. The number of benzene rings is 3. The molecule has 0 atom stereocenters. The molecule has 0 bridgehead atoms. The van der Waals surface area contributed by atoms with Crippen molar-refractivity contribution in [3.63, 3.8) is 0 Å². The smallest absolute Gasteiger partial charge is 0.244 e. The minimum absolute atomic E-state index is 0.140. The van der Waals surface area contributed by atoms with Gasteiger partial charge in [0, 0.05) is 5.02 Å². The predicted octanol–water partition coefficient (Wildman–Crippen LogP) is 4.32. The highest BCUT2D eigenvalue weighted by Gasteiger charge is 2.16. The van der Waals surface area contributed by atoms with Crippen molar-refractivity contribution in [2.75, 3.05) is 0 Å². The SMILES string of the molecule is Cc1ccc(S(=O)(=O)Cc2ccccc2/C=N/NC(=O)Cc2cccc(Cl)c2)cc1. The average Bonchev–Trinajstić information content (AvgIpc) is 2.69. The third-order valence-electron chi connectivity index (χ3n) is 4.43. The van der Waals surface area contributed by atoms with Gasteiger partial charge in [-0.1, -0.05) is 65.7 Å². The molecular formula is C23H21ClN2O3S. The van der Waals surface area contributed by atoms with Crippen LogP contribution in [0.3, 0.4) is 0 Å². The van der Waals surface area contributed by atoms with Gasteiger partial charge in [-0.05, 0) is 47.9 Å². The van der Waals surface area contributed by atoms with E-state index < -0.39 is 9.84 Å². The van der Waals surface area contributed by atoms with E-state index >= 15 is 0 Å². The molecule has 7 heteroatoms. The van der Waals surface area contributed by atoms with Gasteiger partial charge in [0.1, 0.15) is 0 Å². The van der Waals surface area contributed by atoms with Gasteiger partial charge in [0.15, 0.2) is 9.84 Å². The first-order chi connectivity index (χ1) is 14.3. The number of rotatable bonds is 7. The molecule has 0 saturated carbocycles. The molecule has 0 radical (unpaired) electrons. The van der Waals surface area contributed by atoms with Gasteiger partial charge in [-0.25, -0.2) is 13.8 Å². The molecule has 1 N–H and O–H groups in total. The van der Waals surface area contributed by atoms with Gasteiger partial charge >= 0.3 is 0 Å². The minimum atomic E-state index is -3.50. The summed E-state index contributed by atoms with van der Waals surface area (Å²) in [5.74, 6) is -0.451. The van der Waals surface area contributed by atoms with Crippen LogP contribution in [0.4, 0.5) is 0 Å². The van der Waals surface area contributed by atoms with Crippen LogP contribution in [0.1, 0.15) is 22.3 Å². The van der Waals surface area contributed by atoms with Crippen LogP contribution in [0.2, 0.25) is 5.02 Å². The van der Waals surface area contributed by atoms with E-state index in [0.29, 0.717) is 16.1 Å². The van der Waals surface area contributed by atoms with Crippen LogP contribution < -0.4 is 5.43 Å². The lowest BCUT2D eigenvalue weighted by molar-refractivity contribution is -0.120. The summed E-state index contributed by atoms with van der Waals surface area (Å²) in [6, 6.07) is 20.9. The van der Waals surface area contributed by atoms with Crippen molar-refractivity contribution in [1.29, 1.82) is 0 Å². The highest BCUT2D eigenvalue weighted by Crippen LogP contribution is 2.19. The molecule has 3 rings (SSSR count). The molecule has 0 heterocycles. The number of hydrogen-bond donors (Lipinski definition) is 1. The molecule has 5 nitrogen and oxygen atoms in total. The van der Waals surface area contributed by atoms with Crippen LogP contribution in [0.15, 0.2) is 82.8 Å². The summed E-state index contributed by atoms with van der Waals surface area (Å²) in [4.78, 5) is 12.3. The number of halogens is 1. The van der Waals surface area contributed by atoms with Crippen molar-refractivity contribution in [2.45, 2.75) is 24.0 Å². The molecule has 0 aromatic heterocycles. The summed E-state index contributed by atoms with van der Waals surface area (Å²) in [5, 5.41) is 4.55. The summed E-state index contributed by atoms with van der Waals surface area (Å²) in [5.41, 5.74) is 5.46. The fourth-order valence-corrected chi connectivity index (χ4v) is 4.47. The number of amides is 1. The van der Waals surface area contributed by atoms with E-state index in [1.807, 2.05) is 6.92 Å². The Labute approximate surface area is 181 Å². The Bertz CT molecular complexity index is 1170. The number of hydrogen-bond acceptors (Lipinski definition) is 4. The van der Waals surface area contributed by atoms with Crippen LogP contribution in [-0.2, 0) is 26.8 Å². The first kappa shape index (κ1) is 21.7. The Balaban J connectivity index is 1.69. The van der Waals surface area contributed by atoms with Crippen molar-refractivity contribution in [3.8, 4) is 0 Å². The number of hydrazone groups is 1. The zero-order valence-electron chi connectivity index (χ0n) is 16.4. The number of carbonyl (C=O) groups excluding carboxylic acids is 1. The minimum Gasteiger partial charge on any atom is -0.273 e. The second-order valence-corrected chi connectivity index (χ2v) is 9.30. The Morgan fingerprint density at radius 2 is 1.77 bits per heavy atom. The number of carbonyl (C=O) groups is 1. The molecule has 3 aromatic carbocycles. The summed E-state index contributed by atoms with van der Waals surface area (Å²) in [6.45, 7) is 1.91. The highest BCUT2D eigenvalue weighted by molar-refractivity contribution is 7.90. The molecule has 0 fully saturated rings. The van der Waals surface area contributed by atoms with E-state index in [2.05, 4.69) is 10.5 Å². The van der Waals surface area contributed by atoms with E-state index in [-0.39, 0.29) is 23.0 Å². The van der Waals surface area contributed by atoms with Gasteiger partial charge in [0.25, 0.3) is 0 Å². The average molecular weight is 441 g/mol. The molecule has 0 spiro atoms. The van der Waals surface area contributed by atoms with Gasteiger partial charge in [-0.3, -0.25) is 4.79 Å². The Morgan fingerprint density at radius 3 is 2.50 bits per heavy atom. The first-order valence-corrected chi connectivity index (χ1v) is 11.3. The molecular weight excluding hydrogens is 420 g/mol. The summed E-state index contributed by atoms with van der Waals surface area (Å²) >= 11 is 5.92. The lowest BCUT2D eigenvalue weighted by atomic mass is 10.1. The van der Waals surface area contributed by atoms with Crippen molar-refractivity contribution < 1.29 is 13.2 Å². The zero-order valence-corrected chi connectivity index (χ0v) is 18.0. The maximum absolute atomic E-state index is 12.8. The third-order valence-corrected chi connectivity index (χ3v) is 6.34. The Morgan fingerprint density at radius 1 is 1.03 bits per heavy atom. The number of nitrogens with one attached hydrogen (secondary N) is 1. The van der Waals surface area contributed by atoms with E-state index in [9.17, 15) is 13.2 Å². The van der Waals surface area contributed by atoms with E-state index in [0.717, 1.165) is 11.1 Å². The van der Waals surface area contributed by atoms with Crippen molar-refractivity contribution in [2.24, 2.45) is 5.10 Å². The lowest BCUT2D eigenvalue weighted by Crippen LogP contribution is -2.19. The van der Waals surface area contributed by atoms with Crippen molar-refractivity contribution >= 4 is 33.6 Å². The standard InChI is InChI=1S/C23H21ClN2O3S/c1-17-9-11-22(12-10-17)30(28,29)16-20-7-3-2-6-19(20)15-25-26-23(27)14-18-5-4-8-21(24)13-18/h2-13,15H,14,16H2,1H3,(H,26,27)/b25-15+. The van der Waals surface area contributed by atoms with Gasteiger partial charge < -0.3 is 0 Å². The largest absolute Gasteiger partial charge is 0.273 e. The lowest BCUT2D eigenvalue weighted by Gasteiger charge is -2.08. The maximum Gasteiger partial charge on any atom is 0.244 e. The summed E-state index contributed by atoms with van der Waals surface area (Å²) < 4.78 is 25.5. The molecule has 0 aliphatic carbocycles. The zero-order chi connectivity index (χ0) is 21.6. The second-order valence-electron chi connectivity index (χ2n) is 6.87. The molecule has 30 heavy (non-hydrogen) atoms. The van der Waals surface area contributed by atoms with Crippen LogP contribution in [0, 0.1) is 6.92 Å². The number of sulfone groups is 1. The molecule has 0 saturated heterocycles. The molecule has 1 amide bonds. The normalized spacial score (nSPS) is 11.5. The molecule has 3 aromatic rings. The fraction of sp³-hybridized carbons (Fsp3) is 0.130. The van der Waals surface area contributed by atoms with Crippen LogP contribution >= 0.6 is 11.6 Å². The highest BCUT2D eigenvalue weighted by atomic mass is 35.5. The van der Waals surface area contributed by atoms with Gasteiger partial charge in [0.05, 0.1) is 23.3 Å². The first-order valence-electron chi connectivity index (χ1n) is 9.27. The second kappa shape index (κ2) is 9.69. The van der Waals surface area contributed by atoms with Crippen molar-refractivity contribution in [3.05, 3.63) is 100 Å². The molecule has 0 aliphatic rings.